The summed E-state index contributed by atoms with van der Waals surface area (Å²) < 4.78 is 43.1. The predicted octanol–water partition coefficient (Wildman–Crippen LogP) is 7.92. The van der Waals surface area contributed by atoms with E-state index < -0.39 is 245 Å². The molecule has 5 aromatic rings. The second kappa shape index (κ2) is 47.6. The van der Waals surface area contributed by atoms with Crippen LogP contribution >= 0.6 is 0 Å². The molecule has 35 nitrogen and oxygen atoms in total. The van der Waals surface area contributed by atoms with Gasteiger partial charge in [0.15, 0.2) is 6.04 Å². The van der Waals surface area contributed by atoms with Gasteiger partial charge in [-0.3, -0.25) is 57.5 Å². The van der Waals surface area contributed by atoms with Crippen molar-refractivity contribution in [1.82, 2.24) is 68.0 Å². The van der Waals surface area contributed by atoms with Gasteiger partial charge in [-0.2, -0.15) is 0 Å². The number of esters is 2. The second-order valence-corrected chi connectivity index (χ2v) is 40.5. The molecule has 0 bridgehead atoms. The summed E-state index contributed by atoms with van der Waals surface area (Å²) in [6.07, 6.45) is -2.26. The van der Waals surface area contributed by atoms with Gasteiger partial charge in [0.1, 0.15) is 76.2 Å². The maximum absolute atomic E-state index is 15.4. The van der Waals surface area contributed by atoms with Gasteiger partial charge in [-0.25, -0.2) is 14.6 Å². The summed E-state index contributed by atoms with van der Waals surface area (Å²) in [4.78, 5) is 206. The molecule has 12 N–H and O–H groups in total. The third-order valence-corrected chi connectivity index (χ3v) is 19.5. The molecule has 132 heavy (non-hydrogen) atoms. The quantitative estimate of drug-likeness (QED) is 0.01000. The first kappa shape index (κ1) is 111. The number of nitrogens with one attached hydrogen (secondary N) is 11. The first-order valence-corrected chi connectivity index (χ1v) is 44.4. The van der Waals surface area contributed by atoms with E-state index in [0.717, 1.165) is 16.7 Å². The van der Waals surface area contributed by atoms with Gasteiger partial charge in [0.2, 0.25) is 59.1 Å². The number of aliphatic carboxylic acids is 1. The van der Waals surface area contributed by atoms with E-state index in [1.807, 2.05) is 95.6 Å². The van der Waals surface area contributed by atoms with Crippen LogP contribution in [-0.4, -0.2) is 229 Å². The molecule has 35 heteroatoms. The molecule has 0 unspecified atom stereocenters. The average molecular weight is 1840 g/mol. The summed E-state index contributed by atoms with van der Waals surface area (Å²) in [5, 5.41) is 38.7. The summed E-state index contributed by atoms with van der Waals surface area (Å²) in [6, 6.07) is 22.9. The zero-order chi connectivity index (χ0) is 99.6. The number of carboxylic acid groups (broad SMARTS) is 1. The van der Waals surface area contributed by atoms with E-state index in [1.165, 1.54) is 27.7 Å². The molecular formula is C97H143N13O22. The van der Waals surface area contributed by atoms with Crippen molar-refractivity contribution in [1.29, 1.82) is 0 Å². The van der Waals surface area contributed by atoms with Crippen LogP contribution in [0.1, 0.15) is 234 Å². The van der Waals surface area contributed by atoms with Crippen LogP contribution in [0.2, 0.25) is 0 Å². The minimum atomic E-state index is -1.92. The SMILES string of the molecule is CC(C)[C@H](NC(=O)[C@H](CC(=O)OC(C)(C)C)NC(=O)[C@H](COC(C)(C)C)NC(=O)[C@@H](NC(=O)[C@H](Cc1ccccc1)NC(=O)[C@@H](NC(=O)CNC(=O)[C@H](CCC(=O)OC(C)(C)C)NC(=O)C(C)(C)NC(=O)[C@H](Cc1cn(C(c2ccccc2)(c2ccccc2)c2ccccc2)cn1)NC(=O)OC(C)(C)C)[C@@H](C)OC(C)(C)C)[C@@H](C)OC(C)(C)C)C(=O)N[C@@H](COC(C)(C)C)C(=O)O. The van der Waals surface area contributed by atoms with Gasteiger partial charge in [0.05, 0.1) is 72.8 Å². The Kier molecular flexibility index (Phi) is 40.0. The minimum Gasteiger partial charge on any atom is -0.480 e. The highest BCUT2D eigenvalue weighted by Crippen LogP contribution is 2.41. The minimum absolute atomic E-state index is 0.239. The van der Waals surface area contributed by atoms with Crippen molar-refractivity contribution in [2.75, 3.05) is 19.8 Å². The number of benzene rings is 4. The Balaban J connectivity index is 1.48. The number of ether oxygens (including phenoxy) is 7. The maximum Gasteiger partial charge on any atom is 0.408 e. The van der Waals surface area contributed by atoms with E-state index in [0.29, 0.717) is 11.3 Å². The van der Waals surface area contributed by atoms with E-state index in [9.17, 15) is 57.8 Å². The van der Waals surface area contributed by atoms with Crippen LogP contribution in [0.4, 0.5) is 4.79 Å². The van der Waals surface area contributed by atoms with Crippen LogP contribution in [0.3, 0.4) is 0 Å². The number of imidazole rings is 1. The van der Waals surface area contributed by atoms with Gasteiger partial charge in [-0.15, -0.1) is 0 Å². The maximum atomic E-state index is 15.4. The van der Waals surface area contributed by atoms with Crippen molar-refractivity contribution in [3.8, 4) is 0 Å². The molecule has 0 saturated carbocycles. The Hall–Kier alpha value is -11.7. The molecule has 0 radical (unpaired) electrons. The van der Waals surface area contributed by atoms with Crippen molar-refractivity contribution in [3.05, 3.63) is 162 Å². The largest absolute Gasteiger partial charge is 0.480 e. The molecule has 1 aromatic heterocycles. The standard InChI is InChI=1S/C97H143N13O22/c1-58(2)75(83(119)103-71(86(122)123)56-127-90(8,9)10)107-80(116)69(52-74(113)131-94(20,21)22)100-81(117)70(55-126-89(5,6)7)102-85(121)77(60(4)129-92(14,15)16)108-79(115)67(50-61-40-32-28-33-41-61)101-84(120)76(59(3)128-91(11,12)13)106-72(111)53-98-78(114)66(48-49-73(112)130-93(17,18)19)104-87(124)96(26,27)109-82(118)68(105-88(125)132-95(23,24)25)51-65-54-110(57-99-65)97(62-42-34-29-35-43-62,63-44-36-30-37-45-63)64-46-38-31-39-47-64/h28-47,54,57-60,66-71,75-77H,48-53,55-56H2,1-27H3,(H,98,114)(H,100,117)(H,101,120)(H,102,121)(H,103,119)(H,104,124)(H,105,125)(H,106,111)(H,107,116)(H,108,115)(H,109,118)(H,122,123)/t59-,60-,66+,67+,68+,69+,70+,71+,75+,76+,77+/m1/s1. The Morgan fingerprint density at radius 1 is 0.386 bits per heavy atom. The molecule has 0 aliphatic heterocycles. The first-order chi connectivity index (χ1) is 60.8. The van der Waals surface area contributed by atoms with Gasteiger partial charge in [-0.1, -0.05) is 135 Å². The molecule has 728 valence electrons. The van der Waals surface area contributed by atoms with Crippen molar-refractivity contribution in [3.63, 3.8) is 0 Å². The Bertz CT molecular complexity index is 4610. The number of amides is 11. The zero-order valence-electron chi connectivity index (χ0n) is 81.7. The van der Waals surface area contributed by atoms with E-state index >= 15 is 14.4 Å². The smallest absolute Gasteiger partial charge is 0.408 e. The average Bonchev–Trinajstić information content (AvgIpc) is 1.36. The van der Waals surface area contributed by atoms with Crippen molar-refractivity contribution in [2.45, 2.75) is 336 Å². The lowest BCUT2D eigenvalue weighted by atomic mass is 9.77. The number of alkyl carbamates (subject to hydrolysis) is 1. The third-order valence-electron chi connectivity index (χ3n) is 19.5. The van der Waals surface area contributed by atoms with Crippen molar-refractivity contribution in [2.24, 2.45) is 5.92 Å². The Morgan fingerprint density at radius 3 is 1.24 bits per heavy atom. The summed E-state index contributed by atoms with van der Waals surface area (Å²) in [7, 11) is 0. The monoisotopic (exact) mass is 1840 g/mol. The molecule has 0 spiro atoms. The highest BCUT2D eigenvalue weighted by atomic mass is 16.6. The van der Waals surface area contributed by atoms with Gasteiger partial charge in [0.25, 0.3) is 0 Å². The third kappa shape index (κ3) is 37.9. The highest BCUT2D eigenvalue weighted by Gasteiger charge is 2.44. The first-order valence-electron chi connectivity index (χ1n) is 44.4. The summed E-state index contributed by atoms with van der Waals surface area (Å²) in [5.74, 6) is -14.0. The fourth-order valence-electron chi connectivity index (χ4n) is 13.7. The van der Waals surface area contributed by atoms with Gasteiger partial charge < -0.3 is 101 Å². The van der Waals surface area contributed by atoms with E-state index in [2.05, 4.69) is 58.5 Å². The van der Waals surface area contributed by atoms with E-state index in [4.69, 9.17) is 38.1 Å². The molecule has 0 fully saturated rings. The molecular weight excluding hydrogens is 1700 g/mol. The normalized spacial score (nSPS) is 14.9. The van der Waals surface area contributed by atoms with E-state index in [1.54, 1.807) is 202 Å². The van der Waals surface area contributed by atoms with Crippen LogP contribution in [-0.2, 0) is 114 Å². The number of carbonyl (C=O) groups is 14. The number of hydrogen-bond donors (Lipinski definition) is 12. The van der Waals surface area contributed by atoms with Gasteiger partial charge in [0, 0.05) is 25.5 Å². The number of hydrogen-bond acceptors (Lipinski definition) is 22. The van der Waals surface area contributed by atoms with Gasteiger partial charge in [-0.05, 0) is 208 Å². The number of carbonyl (C=O) groups excluding carboxylic acids is 13. The van der Waals surface area contributed by atoms with Crippen LogP contribution in [0.25, 0.3) is 0 Å². The molecule has 5 rings (SSSR count). The molecule has 0 aliphatic carbocycles. The van der Waals surface area contributed by atoms with Crippen LogP contribution in [0.5, 0.6) is 0 Å². The molecule has 0 saturated heterocycles. The summed E-state index contributed by atoms with van der Waals surface area (Å²) in [5.41, 5.74) is -6.38. The molecule has 4 aromatic carbocycles. The lowest BCUT2D eigenvalue weighted by Crippen LogP contribution is -2.64. The number of carboxylic acids is 1. The lowest BCUT2D eigenvalue weighted by Gasteiger charge is -2.37. The second-order valence-electron chi connectivity index (χ2n) is 40.5. The van der Waals surface area contributed by atoms with Crippen LogP contribution < -0.4 is 58.5 Å². The molecule has 11 atom stereocenters. The van der Waals surface area contributed by atoms with Crippen LogP contribution in [0.15, 0.2) is 134 Å². The summed E-state index contributed by atoms with van der Waals surface area (Å²) >= 11 is 0. The fourth-order valence-corrected chi connectivity index (χ4v) is 13.7. The molecule has 0 aliphatic rings. The lowest BCUT2D eigenvalue weighted by molar-refractivity contribution is -0.157. The molecule has 1 heterocycles. The van der Waals surface area contributed by atoms with Crippen LogP contribution in [0, 0.1) is 5.92 Å². The molecule has 11 amide bonds. The Morgan fingerprint density at radius 2 is 0.788 bits per heavy atom. The Labute approximate surface area is 776 Å². The number of nitrogens with zero attached hydrogens (tertiary/aromatic N) is 2. The summed E-state index contributed by atoms with van der Waals surface area (Å²) in [6.45, 7) is 41.5. The highest BCUT2D eigenvalue weighted by molar-refractivity contribution is 6.00. The van der Waals surface area contributed by atoms with Crippen molar-refractivity contribution >= 4 is 83.1 Å². The number of rotatable bonds is 44. The topological polar surface area (TPSA) is 474 Å². The van der Waals surface area contributed by atoms with Crippen molar-refractivity contribution < 1.29 is 105 Å². The van der Waals surface area contributed by atoms with E-state index in [-0.39, 0.29) is 12.8 Å². The van der Waals surface area contributed by atoms with Gasteiger partial charge >= 0.3 is 24.0 Å². The predicted molar refractivity (Wildman–Crippen MR) is 495 cm³/mol. The number of aromatic nitrogens is 2. The zero-order valence-corrected chi connectivity index (χ0v) is 81.7. The fraction of sp³-hybridized carbons (Fsp3) is 0.577.